The second-order valence-electron chi connectivity index (χ2n) is 7.18. The van der Waals surface area contributed by atoms with Crippen molar-refractivity contribution in [2.45, 2.75) is 12.2 Å². The van der Waals surface area contributed by atoms with Gasteiger partial charge in [-0.3, -0.25) is 9.78 Å². The van der Waals surface area contributed by atoms with E-state index in [-0.39, 0.29) is 28.6 Å². The molecule has 2 aromatic carbocycles. The second-order valence-corrected chi connectivity index (χ2v) is 7.18. The molecule has 3 N–H and O–H groups in total. The van der Waals surface area contributed by atoms with E-state index in [1.165, 1.54) is 37.5 Å². The van der Waals surface area contributed by atoms with Gasteiger partial charge in [0.15, 0.2) is 11.5 Å². The number of nitrogens with zero attached hydrogens (tertiary/aromatic N) is 1. The van der Waals surface area contributed by atoms with Crippen LogP contribution in [0, 0.1) is 5.82 Å². The van der Waals surface area contributed by atoms with Crippen molar-refractivity contribution in [3.63, 3.8) is 0 Å². The lowest BCUT2D eigenvalue weighted by atomic mass is 10.2. The Morgan fingerprint density at radius 3 is 2.28 bits per heavy atom. The largest absolute Gasteiger partial charge is 0.507 e. The fraction of sp³-hybridized carbons (Fsp3) is 0.136. The molecule has 9 nitrogen and oxygen atoms in total. The van der Waals surface area contributed by atoms with Crippen molar-refractivity contribution in [2.24, 2.45) is 0 Å². The summed E-state index contributed by atoms with van der Waals surface area (Å²) in [6.07, 6.45) is -8.46. The number of carbonyl (C=O) groups is 2. The van der Waals surface area contributed by atoms with Gasteiger partial charge >= 0.3 is 18.2 Å². The van der Waals surface area contributed by atoms with Crippen LogP contribution in [0.25, 0.3) is 0 Å². The number of carbonyl (C=O) groups excluding carboxylic acids is 2. The predicted octanol–water partition coefficient (Wildman–Crippen LogP) is 4.97. The Labute approximate surface area is 199 Å². The molecule has 0 fully saturated rings. The van der Waals surface area contributed by atoms with Crippen LogP contribution in [-0.2, 0) is 0 Å². The molecule has 1 aliphatic heterocycles. The van der Waals surface area contributed by atoms with Crippen molar-refractivity contribution in [1.82, 2.24) is 10.3 Å². The number of hydrogen-bond donors (Lipinski definition) is 3. The Balaban J connectivity index is 1.41. The van der Waals surface area contributed by atoms with E-state index in [0.29, 0.717) is 0 Å². The number of ether oxygens (including phenoxy) is 3. The molecule has 0 bridgehead atoms. The zero-order valence-corrected chi connectivity index (χ0v) is 18.1. The Kier molecular flexibility index (Phi) is 6.26. The summed E-state index contributed by atoms with van der Waals surface area (Å²) in [6.45, 7) is 0. The topological polar surface area (TPSA) is 111 Å². The number of alkyl halides is 4. The molecule has 3 aromatic rings. The van der Waals surface area contributed by atoms with Crippen molar-refractivity contribution in [3.8, 4) is 23.0 Å². The first-order valence-electron chi connectivity index (χ1n) is 9.99. The lowest BCUT2D eigenvalue weighted by molar-refractivity contribution is -0.391. The van der Waals surface area contributed by atoms with Gasteiger partial charge in [0.05, 0.1) is 5.69 Å². The molecule has 0 saturated carbocycles. The molecule has 14 heteroatoms. The third kappa shape index (κ3) is 5.06. The van der Waals surface area contributed by atoms with Crippen LogP contribution < -0.4 is 30.2 Å². The van der Waals surface area contributed by atoms with Crippen LogP contribution in [0.4, 0.5) is 38.1 Å². The molecule has 0 spiro atoms. The van der Waals surface area contributed by atoms with Gasteiger partial charge in [-0.2, -0.15) is 17.6 Å². The Morgan fingerprint density at radius 2 is 1.58 bits per heavy atom. The summed E-state index contributed by atoms with van der Waals surface area (Å²) in [6, 6.07) is 8.17. The zero-order valence-electron chi connectivity index (χ0n) is 18.1. The quantitative estimate of drug-likeness (QED) is 0.418. The SMILES string of the molecule is CNC(=O)c1cc(Oc2ccc(NC(=O)Nc3ccc4c(c3)OC(F)(F)C(F)(F)O4)c(F)c2)ccn1. The Morgan fingerprint density at radius 1 is 0.889 bits per heavy atom. The summed E-state index contributed by atoms with van der Waals surface area (Å²) >= 11 is 0. The molecule has 188 valence electrons. The standard InChI is InChI=1S/C22H15F5N4O5/c1-28-19(32)16-10-13(6-7-29-16)34-12-3-4-15(14(23)9-12)31-20(33)30-11-2-5-17-18(8-11)36-22(26,27)21(24,25)35-17/h2-10H,1H3,(H,28,32)(H2,30,31,33). The van der Waals surface area contributed by atoms with Crippen molar-refractivity contribution >= 4 is 23.3 Å². The molecule has 0 radical (unpaired) electrons. The van der Waals surface area contributed by atoms with Crippen LogP contribution in [0.2, 0.25) is 0 Å². The highest BCUT2D eigenvalue weighted by Crippen LogP contribution is 2.47. The van der Waals surface area contributed by atoms with E-state index >= 15 is 0 Å². The number of fused-ring (bicyclic) bond motifs is 1. The van der Waals surface area contributed by atoms with E-state index < -0.39 is 41.5 Å². The van der Waals surface area contributed by atoms with Crippen molar-refractivity contribution in [2.75, 3.05) is 17.7 Å². The molecule has 3 amide bonds. The molecular weight excluding hydrogens is 495 g/mol. The maximum Gasteiger partial charge on any atom is 0.507 e. The number of amides is 3. The van der Waals surface area contributed by atoms with Crippen LogP contribution in [0.3, 0.4) is 0 Å². The molecule has 1 aliphatic rings. The first kappa shape index (κ1) is 24.5. The number of nitrogens with one attached hydrogen (secondary N) is 3. The number of benzene rings is 2. The molecule has 0 unspecified atom stereocenters. The van der Waals surface area contributed by atoms with E-state index in [9.17, 15) is 31.5 Å². The van der Waals surface area contributed by atoms with Gasteiger partial charge in [0.25, 0.3) is 5.91 Å². The molecule has 0 atom stereocenters. The summed E-state index contributed by atoms with van der Waals surface area (Å²) in [5.41, 5.74) is -0.299. The molecule has 2 heterocycles. The average Bonchev–Trinajstić information content (AvgIpc) is 2.81. The predicted molar refractivity (Wildman–Crippen MR) is 114 cm³/mol. The van der Waals surface area contributed by atoms with E-state index in [2.05, 4.69) is 30.4 Å². The number of urea groups is 1. The summed E-state index contributed by atoms with van der Waals surface area (Å²) in [4.78, 5) is 27.8. The zero-order chi connectivity index (χ0) is 26.1. The van der Waals surface area contributed by atoms with Crippen LogP contribution in [0.5, 0.6) is 23.0 Å². The first-order valence-corrected chi connectivity index (χ1v) is 9.99. The number of rotatable bonds is 5. The second kappa shape index (κ2) is 9.20. The highest BCUT2D eigenvalue weighted by molar-refractivity contribution is 6.00. The van der Waals surface area contributed by atoms with Gasteiger partial charge in [0.1, 0.15) is 23.0 Å². The van der Waals surface area contributed by atoms with Gasteiger partial charge in [-0.25, -0.2) is 9.18 Å². The molecule has 0 aliphatic carbocycles. The minimum atomic E-state index is -4.92. The minimum Gasteiger partial charge on any atom is -0.457 e. The lowest BCUT2D eigenvalue weighted by Gasteiger charge is -2.31. The van der Waals surface area contributed by atoms with Crippen LogP contribution in [0.1, 0.15) is 10.5 Å². The monoisotopic (exact) mass is 510 g/mol. The smallest absolute Gasteiger partial charge is 0.457 e. The third-order valence-electron chi connectivity index (χ3n) is 4.63. The van der Waals surface area contributed by atoms with Gasteiger partial charge < -0.3 is 30.2 Å². The number of anilines is 2. The number of pyridine rings is 1. The molecule has 36 heavy (non-hydrogen) atoms. The van der Waals surface area contributed by atoms with E-state index in [0.717, 1.165) is 24.3 Å². The third-order valence-corrected chi connectivity index (χ3v) is 4.63. The van der Waals surface area contributed by atoms with Crippen molar-refractivity contribution < 1.29 is 45.8 Å². The fourth-order valence-corrected chi connectivity index (χ4v) is 2.95. The average molecular weight is 510 g/mol. The van der Waals surface area contributed by atoms with Crippen LogP contribution >= 0.6 is 0 Å². The van der Waals surface area contributed by atoms with Crippen LogP contribution in [0.15, 0.2) is 54.7 Å². The summed E-state index contributed by atoms with van der Waals surface area (Å²) < 4.78 is 81.1. The van der Waals surface area contributed by atoms with Crippen molar-refractivity contribution in [1.29, 1.82) is 0 Å². The number of aromatic nitrogens is 1. The van der Waals surface area contributed by atoms with Gasteiger partial charge in [0.2, 0.25) is 0 Å². The van der Waals surface area contributed by atoms with Gasteiger partial charge in [0, 0.05) is 37.1 Å². The van der Waals surface area contributed by atoms with Crippen LogP contribution in [-0.4, -0.2) is 36.2 Å². The van der Waals surface area contributed by atoms with Crippen molar-refractivity contribution in [3.05, 3.63) is 66.2 Å². The summed E-state index contributed by atoms with van der Waals surface area (Å²) in [5, 5.41) is 6.85. The number of halogens is 5. The van der Waals surface area contributed by atoms with Gasteiger partial charge in [-0.1, -0.05) is 0 Å². The molecule has 4 rings (SSSR count). The molecule has 0 saturated heterocycles. The first-order chi connectivity index (χ1) is 17.0. The lowest BCUT2D eigenvalue weighted by Crippen LogP contribution is -2.52. The summed E-state index contributed by atoms with van der Waals surface area (Å²) in [7, 11) is 1.43. The van der Waals surface area contributed by atoms with E-state index in [1.807, 2.05) is 0 Å². The number of hydrogen-bond acceptors (Lipinski definition) is 6. The van der Waals surface area contributed by atoms with Gasteiger partial charge in [-0.05, 0) is 30.3 Å². The maximum atomic E-state index is 14.5. The normalized spacial score (nSPS) is 14.9. The molecule has 1 aromatic heterocycles. The van der Waals surface area contributed by atoms with E-state index in [4.69, 9.17) is 4.74 Å². The highest BCUT2D eigenvalue weighted by atomic mass is 19.3. The van der Waals surface area contributed by atoms with Gasteiger partial charge in [-0.15, -0.1) is 0 Å². The minimum absolute atomic E-state index is 0.0529. The fourth-order valence-electron chi connectivity index (χ4n) is 2.95. The maximum absolute atomic E-state index is 14.5. The van der Waals surface area contributed by atoms with E-state index in [1.54, 1.807) is 0 Å². The highest BCUT2D eigenvalue weighted by Gasteiger charge is 2.65. The summed E-state index contributed by atoms with van der Waals surface area (Å²) in [5.74, 6) is -2.45. The Hall–Kier alpha value is -4.62. The Bertz CT molecular complexity index is 1340. The molecular formula is C22H15F5N4O5.